The fourth-order valence-corrected chi connectivity index (χ4v) is 3.69. The van der Waals surface area contributed by atoms with Gasteiger partial charge in [-0.25, -0.2) is 4.98 Å². The second kappa shape index (κ2) is 5.49. The first-order valence-corrected chi connectivity index (χ1v) is 7.72. The van der Waals surface area contributed by atoms with E-state index in [4.69, 9.17) is 0 Å². The van der Waals surface area contributed by atoms with E-state index in [1.807, 2.05) is 6.20 Å². The molecule has 0 spiro atoms. The third-order valence-corrected chi connectivity index (χ3v) is 4.83. The summed E-state index contributed by atoms with van der Waals surface area (Å²) >= 11 is 0. The van der Waals surface area contributed by atoms with Crippen molar-refractivity contribution < 1.29 is 0 Å². The Morgan fingerprint density at radius 1 is 1.32 bits per heavy atom. The van der Waals surface area contributed by atoms with Crippen LogP contribution in [-0.4, -0.2) is 24.6 Å². The second-order valence-corrected chi connectivity index (χ2v) is 6.09. The predicted molar refractivity (Wildman–Crippen MR) is 79.4 cm³/mol. The van der Waals surface area contributed by atoms with Crippen LogP contribution in [0.5, 0.6) is 0 Å². The smallest absolute Gasteiger partial charge is 0.128 e. The molecule has 3 rings (SSSR count). The highest BCUT2D eigenvalue weighted by molar-refractivity contribution is 5.41. The van der Waals surface area contributed by atoms with E-state index >= 15 is 0 Å². The van der Waals surface area contributed by atoms with Gasteiger partial charge >= 0.3 is 0 Å². The molecule has 0 amide bonds. The van der Waals surface area contributed by atoms with Gasteiger partial charge in [-0.2, -0.15) is 0 Å². The molecule has 1 aliphatic heterocycles. The van der Waals surface area contributed by atoms with Gasteiger partial charge in [0.25, 0.3) is 0 Å². The van der Waals surface area contributed by atoms with Crippen molar-refractivity contribution in [3.63, 3.8) is 0 Å². The van der Waals surface area contributed by atoms with Crippen LogP contribution in [0.1, 0.15) is 44.7 Å². The molecule has 0 aromatic carbocycles. The molecule has 3 nitrogen and oxygen atoms in total. The summed E-state index contributed by atoms with van der Waals surface area (Å²) in [5, 5.41) is 3.43. The maximum Gasteiger partial charge on any atom is 0.128 e. The second-order valence-electron chi connectivity index (χ2n) is 6.09. The Hall–Kier alpha value is -1.09. The highest BCUT2D eigenvalue weighted by atomic mass is 15.2. The van der Waals surface area contributed by atoms with Crippen LogP contribution in [0, 0.1) is 11.8 Å². The summed E-state index contributed by atoms with van der Waals surface area (Å²) < 4.78 is 0. The van der Waals surface area contributed by atoms with Crippen molar-refractivity contribution in [3.05, 3.63) is 23.9 Å². The van der Waals surface area contributed by atoms with Crippen LogP contribution in [0.3, 0.4) is 0 Å². The molecule has 3 atom stereocenters. The zero-order valence-electron chi connectivity index (χ0n) is 12.1. The van der Waals surface area contributed by atoms with Gasteiger partial charge in [0.15, 0.2) is 0 Å². The molecule has 0 radical (unpaired) electrons. The molecule has 0 bridgehead atoms. The number of rotatable bonds is 4. The predicted octanol–water partition coefficient (Wildman–Crippen LogP) is 2.99. The average Bonchev–Trinajstić information content (AvgIpc) is 3.00. The van der Waals surface area contributed by atoms with Crippen LogP contribution in [0.4, 0.5) is 5.82 Å². The standard InChI is InChI=1S/C16H25N3/c1-3-17-12(2)13-7-8-16(18-9-13)19-10-14-5-4-6-15(14)11-19/h7-9,12,14-15,17H,3-6,10-11H2,1-2H3. The molecule has 1 aromatic rings. The molecule has 1 aromatic heterocycles. The van der Waals surface area contributed by atoms with Crippen LogP contribution in [0.15, 0.2) is 18.3 Å². The lowest BCUT2D eigenvalue weighted by Crippen LogP contribution is -2.22. The lowest BCUT2D eigenvalue weighted by Gasteiger charge is -2.19. The fourth-order valence-electron chi connectivity index (χ4n) is 3.69. The van der Waals surface area contributed by atoms with Gasteiger partial charge in [-0.15, -0.1) is 0 Å². The lowest BCUT2D eigenvalue weighted by molar-refractivity contribution is 0.494. The number of nitrogens with one attached hydrogen (secondary N) is 1. The number of hydrogen-bond donors (Lipinski definition) is 1. The summed E-state index contributed by atoms with van der Waals surface area (Å²) in [6.07, 6.45) is 6.33. The summed E-state index contributed by atoms with van der Waals surface area (Å²) in [4.78, 5) is 7.16. The van der Waals surface area contributed by atoms with Crippen LogP contribution in [0.25, 0.3) is 0 Å². The SMILES string of the molecule is CCNC(C)c1ccc(N2CC3CCCC3C2)nc1. The largest absolute Gasteiger partial charge is 0.356 e. The van der Waals surface area contributed by atoms with Crippen molar-refractivity contribution in [3.8, 4) is 0 Å². The average molecular weight is 259 g/mol. The van der Waals surface area contributed by atoms with Crippen LogP contribution in [-0.2, 0) is 0 Å². The highest BCUT2D eigenvalue weighted by Gasteiger charge is 2.36. The zero-order valence-corrected chi connectivity index (χ0v) is 12.1. The molecular weight excluding hydrogens is 234 g/mol. The molecule has 1 saturated carbocycles. The molecule has 1 N–H and O–H groups in total. The van der Waals surface area contributed by atoms with Gasteiger partial charge in [-0.05, 0) is 49.8 Å². The van der Waals surface area contributed by atoms with Gasteiger partial charge < -0.3 is 10.2 Å². The number of aromatic nitrogens is 1. The first kappa shape index (κ1) is 12.9. The van der Waals surface area contributed by atoms with E-state index in [-0.39, 0.29) is 0 Å². The Balaban J connectivity index is 1.66. The third kappa shape index (κ3) is 2.62. The molecule has 2 fully saturated rings. The molecule has 1 saturated heterocycles. The zero-order chi connectivity index (χ0) is 13.2. The Kier molecular flexibility index (Phi) is 3.74. The highest BCUT2D eigenvalue weighted by Crippen LogP contribution is 2.39. The number of hydrogen-bond acceptors (Lipinski definition) is 3. The third-order valence-electron chi connectivity index (χ3n) is 4.83. The van der Waals surface area contributed by atoms with E-state index in [9.17, 15) is 0 Å². The van der Waals surface area contributed by atoms with Gasteiger partial charge in [0.1, 0.15) is 5.82 Å². The maximum absolute atomic E-state index is 4.68. The quantitative estimate of drug-likeness (QED) is 0.901. The molecule has 104 valence electrons. The van der Waals surface area contributed by atoms with E-state index in [1.165, 1.54) is 43.7 Å². The van der Waals surface area contributed by atoms with E-state index in [1.54, 1.807) is 0 Å². The van der Waals surface area contributed by atoms with Crippen LogP contribution in [0.2, 0.25) is 0 Å². The van der Waals surface area contributed by atoms with Gasteiger partial charge in [0.05, 0.1) is 0 Å². The van der Waals surface area contributed by atoms with Crippen molar-refractivity contribution in [2.24, 2.45) is 11.8 Å². The van der Waals surface area contributed by atoms with Gasteiger partial charge in [0, 0.05) is 25.3 Å². The summed E-state index contributed by atoms with van der Waals surface area (Å²) in [5.74, 6) is 3.03. The molecule has 3 unspecified atom stereocenters. The number of nitrogens with zero attached hydrogens (tertiary/aromatic N) is 2. The van der Waals surface area contributed by atoms with Crippen LogP contribution >= 0.6 is 0 Å². The van der Waals surface area contributed by atoms with Crippen molar-refractivity contribution in [1.29, 1.82) is 0 Å². The lowest BCUT2D eigenvalue weighted by atomic mass is 10.0. The van der Waals surface area contributed by atoms with E-state index in [2.05, 4.69) is 41.2 Å². The first-order chi connectivity index (χ1) is 9.28. The Morgan fingerprint density at radius 2 is 2.05 bits per heavy atom. The molecule has 2 heterocycles. The summed E-state index contributed by atoms with van der Waals surface area (Å²) in [6, 6.07) is 4.82. The molecule has 1 aliphatic carbocycles. The van der Waals surface area contributed by atoms with Gasteiger partial charge in [0.2, 0.25) is 0 Å². The Labute approximate surface area is 116 Å². The fraction of sp³-hybridized carbons (Fsp3) is 0.688. The van der Waals surface area contributed by atoms with E-state index in [0.717, 1.165) is 18.4 Å². The minimum Gasteiger partial charge on any atom is -0.356 e. The summed E-state index contributed by atoms with van der Waals surface area (Å²) in [7, 11) is 0. The Morgan fingerprint density at radius 3 is 2.63 bits per heavy atom. The molecular formula is C16H25N3. The number of fused-ring (bicyclic) bond motifs is 1. The minimum atomic E-state index is 0.393. The summed E-state index contributed by atoms with van der Waals surface area (Å²) in [6.45, 7) is 7.78. The molecule has 3 heteroatoms. The van der Waals surface area contributed by atoms with E-state index in [0.29, 0.717) is 6.04 Å². The molecule has 2 aliphatic rings. The summed E-state index contributed by atoms with van der Waals surface area (Å²) in [5.41, 5.74) is 1.28. The Bertz CT molecular complexity index is 403. The van der Waals surface area contributed by atoms with Crippen molar-refractivity contribution >= 4 is 5.82 Å². The van der Waals surface area contributed by atoms with Crippen LogP contribution < -0.4 is 10.2 Å². The van der Waals surface area contributed by atoms with Crippen molar-refractivity contribution in [2.45, 2.75) is 39.2 Å². The normalized spacial score (nSPS) is 27.6. The topological polar surface area (TPSA) is 28.2 Å². The van der Waals surface area contributed by atoms with Gasteiger partial charge in [-0.1, -0.05) is 19.4 Å². The number of anilines is 1. The number of pyridine rings is 1. The monoisotopic (exact) mass is 259 g/mol. The first-order valence-electron chi connectivity index (χ1n) is 7.72. The van der Waals surface area contributed by atoms with Crippen molar-refractivity contribution in [1.82, 2.24) is 10.3 Å². The molecule has 19 heavy (non-hydrogen) atoms. The van der Waals surface area contributed by atoms with Gasteiger partial charge in [-0.3, -0.25) is 0 Å². The van der Waals surface area contributed by atoms with Crippen molar-refractivity contribution in [2.75, 3.05) is 24.5 Å². The minimum absolute atomic E-state index is 0.393. The van der Waals surface area contributed by atoms with E-state index < -0.39 is 0 Å². The maximum atomic E-state index is 4.68.